The number of hydrogen-bond donors (Lipinski definition) is 0. The number of hydrogen-bond acceptors (Lipinski definition) is 1. The van der Waals surface area contributed by atoms with E-state index in [4.69, 9.17) is 0 Å². The third kappa shape index (κ3) is 4.72. The predicted octanol–water partition coefficient (Wildman–Crippen LogP) is 5.12. The Balaban J connectivity index is 0.000000771. The van der Waals surface area contributed by atoms with Crippen LogP contribution in [0.5, 0.6) is 0 Å². The Morgan fingerprint density at radius 1 is 1.06 bits per heavy atom. The molecule has 0 atom stereocenters. The van der Waals surface area contributed by atoms with Gasteiger partial charge < -0.3 is 4.90 Å². The van der Waals surface area contributed by atoms with Crippen molar-refractivity contribution >= 4 is 5.69 Å². The fourth-order valence-electron chi connectivity index (χ4n) is 2.61. The minimum absolute atomic E-state index is 0.986. The fraction of sp³-hybridized carbons (Fsp3) is 0.647. The minimum atomic E-state index is 0.986. The van der Waals surface area contributed by atoms with E-state index in [0.717, 1.165) is 5.92 Å². The normalized spacial score (nSPS) is 16.1. The summed E-state index contributed by atoms with van der Waals surface area (Å²) in [5, 5.41) is 0. The average Bonchev–Trinajstić information content (AvgIpc) is 2.49. The molecule has 18 heavy (non-hydrogen) atoms. The quantitative estimate of drug-likeness (QED) is 0.714. The number of unbranched alkanes of at least 4 members (excludes halogenated alkanes) is 1. The summed E-state index contributed by atoms with van der Waals surface area (Å²) in [6.45, 7) is 8.79. The molecule has 0 aromatic heterocycles. The lowest BCUT2D eigenvalue weighted by Crippen LogP contribution is -2.33. The summed E-state index contributed by atoms with van der Waals surface area (Å²) in [6.07, 6.45) is 6.97. The van der Waals surface area contributed by atoms with E-state index in [2.05, 4.69) is 42.2 Å². The maximum atomic E-state index is 2.53. The second-order valence-corrected chi connectivity index (χ2v) is 4.91. The van der Waals surface area contributed by atoms with Crippen LogP contribution in [0, 0.1) is 5.92 Å². The van der Waals surface area contributed by atoms with Crippen molar-refractivity contribution in [2.45, 2.75) is 52.9 Å². The standard InChI is InChI=1S/C15H23N.C2H6/c1-2-3-7-14-10-12-16(13-11-14)15-8-5-4-6-9-15;1-2/h4-6,8-9,14H,2-3,7,10-13H2,1H3;1-2H3. The Labute approximate surface area is 113 Å². The first-order valence-corrected chi connectivity index (χ1v) is 7.70. The fourth-order valence-corrected chi connectivity index (χ4v) is 2.61. The first-order chi connectivity index (χ1) is 8.90. The van der Waals surface area contributed by atoms with E-state index >= 15 is 0 Å². The monoisotopic (exact) mass is 247 g/mol. The molecular weight excluding hydrogens is 218 g/mol. The smallest absolute Gasteiger partial charge is 0.0366 e. The summed E-state index contributed by atoms with van der Waals surface area (Å²) in [4.78, 5) is 2.53. The lowest BCUT2D eigenvalue weighted by molar-refractivity contribution is 0.371. The Kier molecular flexibility index (Phi) is 7.55. The maximum absolute atomic E-state index is 2.53. The second-order valence-electron chi connectivity index (χ2n) is 4.91. The van der Waals surface area contributed by atoms with Crippen molar-refractivity contribution < 1.29 is 0 Å². The van der Waals surface area contributed by atoms with Gasteiger partial charge in [-0.05, 0) is 30.9 Å². The molecule has 1 aliphatic rings. The van der Waals surface area contributed by atoms with Crippen LogP contribution in [-0.2, 0) is 0 Å². The van der Waals surface area contributed by atoms with Crippen molar-refractivity contribution in [3.05, 3.63) is 30.3 Å². The van der Waals surface area contributed by atoms with Crippen LogP contribution >= 0.6 is 0 Å². The zero-order valence-corrected chi connectivity index (χ0v) is 12.4. The molecule has 1 heterocycles. The second kappa shape index (κ2) is 9.02. The highest BCUT2D eigenvalue weighted by molar-refractivity contribution is 5.46. The molecule has 1 saturated heterocycles. The topological polar surface area (TPSA) is 3.24 Å². The summed E-state index contributed by atoms with van der Waals surface area (Å²) in [6, 6.07) is 10.8. The van der Waals surface area contributed by atoms with Gasteiger partial charge in [-0.1, -0.05) is 58.2 Å². The molecule has 102 valence electrons. The Morgan fingerprint density at radius 2 is 1.67 bits per heavy atom. The lowest BCUT2D eigenvalue weighted by Gasteiger charge is -2.33. The number of rotatable bonds is 4. The largest absolute Gasteiger partial charge is 0.372 e. The van der Waals surface area contributed by atoms with E-state index in [1.54, 1.807) is 0 Å². The van der Waals surface area contributed by atoms with Crippen LogP contribution < -0.4 is 4.90 Å². The molecule has 0 radical (unpaired) electrons. The van der Waals surface area contributed by atoms with Gasteiger partial charge in [0.25, 0.3) is 0 Å². The summed E-state index contributed by atoms with van der Waals surface area (Å²) in [7, 11) is 0. The van der Waals surface area contributed by atoms with Gasteiger partial charge in [-0.25, -0.2) is 0 Å². The minimum Gasteiger partial charge on any atom is -0.372 e. The molecule has 1 fully saturated rings. The molecule has 0 saturated carbocycles. The number of piperidine rings is 1. The summed E-state index contributed by atoms with van der Waals surface area (Å²) >= 11 is 0. The molecule has 1 aliphatic heterocycles. The SMILES string of the molecule is CC.CCCCC1CCN(c2ccccc2)CC1. The Hall–Kier alpha value is -0.980. The van der Waals surface area contributed by atoms with Gasteiger partial charge in [0.2, 0.25) is 0 Å². The van der Waals surface area contributed by atoms with Crippen LogP contribution in [0.2, 0.25) is 0 Å². The molecule has 1 aromatic carbocycles. The van der Waals surface area contributed by atoms with Gasteiger partial charge in [0, 0.05) is 18.8 Å². The number of nitrogens with zero attached hydrogens (tertiary/aromatic N) is 1. The number of benzene rings is 1. The third-order valence-corrected chi connectivity index (χ3v) is 3.70. The van der Waals surface area contributed by atoms with E-state index in [9.17, 15) is 0 Å². The van der Waals surface area contributed by atoms with Gasteiger partial charge in [-0.3, -0.25) is 0 Å². The third-order valence-electron chi connectivity index (χ3n) is 3.70. The van der Waals surface area contributed by atoms with Crippen molar-refractivity contribution in [1.29, 1.82) is 0 Å². The van der Waals surface area contributed by atoms with Crippen LogP contribution in [0.4, 0.5) is 5.69 Å². The highest BCUT2D eigenvalue weighted by atomic mass is 15.1. The molecule has 1 nitrogen and oxygen atoms in total. The molecule has 1 heteroatoms. The van der Waals surface area contributed by atoms with E-state index in [1.165, 1.54) is 50.9 Å². The van der Waals surface area contributed by atoms with Gasteiger partial charge in [0.1, 0.15) is 0 Å². The van der Waals surface area contributed by atoms with Gasteiger partial charge >= 0.3 is 0 Å². The van der Waals surface area contributed by atoms with Crippen molar-refractivity contribution in [3.63, 3.8) is 0 Å². The molecule has 0 unspecified atom stereocenters. The number of para-hydroxylation sites is 1. The Bertz CT molecular complexity index is 286. The zero-order chi connectivity index (χ0) is 13.2. The summed E-state index contributed by atoms with van der Waals surface area (Å²) < 4.78 is 0. The Morgan fingerprint density at radius 3 is 2.22 bits per heavy atom. The van der Waals surface area contributed by atoms with Crippen molar-refractivity contribution in [3.8, 4) is 0 Å². The zero-order valence-electron chi connectivity index (χ0n) is 12.4. The molecule has 1 aromatic rings. The molecule has 0 amide bonds. The van der Waals surface area contributed by atoms with Crippen molar-refractivity contribution in [2.75, 3.05) is 18.0 Å². The first kappa shape index (κ1) is 15.1. The van der Waals surface area contributed by atoms with Gasteiger partial charge in [0.05, 0.1) is 0 Å². The van der Waals surface area contributed by atoms with E-state index < -0.39 is 0 Å². The van der Waals surface area contributed by atoms with E-state index in [0.29, 0.717) is 0 Å². The molecule has 0 aliphatic carbocycles. The van der Waals surface area contributed by atoms with Crippen LogP contribution in [0.3, 0.4) is 0 Å². The van der Waals surface area contributed by atoms with Crippen LogP contribution in [0.25, 0.3) is 0 Å². The van der Waals surface area contributed by atoms with Gasteiger partial charge in [-0.2, -0.15) is 0 Å². The average molecular weight is 247 g/mol. The van der Waals surface area contributed by atoms with Crippen molar-refractivity contribution in [1.82, 2.24) is 0 Å². The molecule has 2 rings (SSSR count). The molecule has 0 spiro atoms. The van der Waals surface area contributed by atoms with Crippen molar-refractivity contribution in [2.24, 2.45) is 5.92 Å². The first-order valence-electron chi connectivity index (χ1n) is 7.70. The van der Waals surface area contributed by atoms with Gasteiger partial charge in [0.15, 0.2) is 0 Å². The lowest BCUT2D eigenvalue weighted by atomic mass is 9.91. The molecule has 0 N–H and O–H groups in total. The van der Waals surface area contributed by atoms with Crippen LogP contribution in [0.15, 0.2) is 30.3 Å². The van der Waals surface area contributed by atoms with Crippen LogP contribution in [-0.4, -0.2) is 13.1 Å². The maximum Gasteiger partial charge on any atom is 0.0366 e. The van der Waals surface area contributed by atoms with E-state index in [-0.39, 0.29) is 0 Å². The van der Waals surface area contributed by atoms with E-state index in [1.807, 2.05) is 13.8 Å². The highest BCUT2D eigenvalue weighted by Crippen LogP contribution is 2.25. The molecular formula is C17H29N. The summed E-state index contributed by atoms with van der Waals surface area (Å²) in [5.74, 6) is 0.986. The molecule has 0 bridgehead atoms. The predicted molar refractivity (Wildman–Crippen MR) is 82.3 cm³/mol. The number of anilines is 1. The highest BCUT2D eigenvalue weighted by Gasteiger charge is 2.18. The van der Waals surface area contributed by atoms with Gasteiger partial charge in [-0.15, -0.1) is 0 Å². The van der Waals surface area contributed by atoms with Crippen LogP contribution in [0.1, 0.15) is 52.9 Å². The summed E-state index contributed by atoms with van der Waals surface area (Å²) in [5.41, 5.74) is 1.40.